The van der Waals surface area contributed by atoms with Gasteiger partial charge in [-0.3, -0.25) is 9.59 Å². The number of hydrogen-bond donors (Lipinski definition) is 0. The lowest BCUT2D eigenvalue weighted by Gasteiger charge is -2.15. The Hall–Kier alpha value is -2.06. The van der Waals surface area contributed by atoms with Crippen LogP contribution in [0.15, 0.2) is 58.3 Å². The molecule has 0 aliphatic rings. The van der Waals surface area contributed by atoms with Crippen molar-refractivity contribution in [3.8, 4) is 22.3 Å². The van der Waals surface area contributed by atoms with Crippen LogP contribution in [0.4, 0.5) is 13.6 Å². The average molecular weight is 512 g/mol. The fraction of sp³-hybridized carbons (Fsp3) is 0.130. The van der Waals surface area contributed by atoms with Crippen LogP contribution in [0.3, 0.4) is 0 Å². The summed E-state index contributed by atoms with van der Waals surface area (Å²) in [6, 6.07) is 11.4. The minimum atomic E-state index is -0.684. The zero-order valence-corrected chi connectivity index (χ0v) is 20.4. The van der Waals surface area contributed by atoms with Crippen LogP contribution in [0.5, 0.6) is 0 Å². The molecule has 0 aromatic heterocycles. The van der Waals surface area contributed by atoms with Gasteiger partial charge in [-0.15, -0.1) is 0 Å². The van der Waals surface area contributed by atoms with Gasteiger partial charge in [-0.25, -0.2) is 8.78 Å². The van der Waals surface area contributed by atoms with Gasteiger partial charge in [0.1, 0.15) is 11.6 Å². The van der Waals surface area contributed by atoms with Crippen LogP contribution in [0.1, 0.15) is 6.92 Å². The van der Waals surface area contributed by atoms with Gasteiger partial charge >= 0.3 is 0 Å². The SMILES string of the molecule is CC(=O)Sc1cc(Cl)ccc1-c1cc(F)c(-c2ccc(Cl)cc2SC(=O)N(C)C)cc1F. The van der Waals surface area contributed by atoms with Crippen molar-refractivity contribution >= 4 is 57.1 Å². The largest absolute Gasteiger partial charge is 0.339 e. The third-order valence-corrected chi connectivity index (χ3v) is 6.75. The van der Waals surface area contributed by atoms with E-state index in [4.69, 9.17) is 23.2 Å². The lowest BCUT2D eigenvalue weighted by molar-refractivity contribution is -0.109. The van der Waals surface area contributed by atoms with Crippen molar-refractivity contribution < 1.29 is 18.4 Å². The van der Waals surface area contributed by atoms with Crippen LogP contribution >= 0.6 is 46.7 Å². The Morgan fingerprint density at radius 1 is 0.750 bits per heavy atom. The maximum Gasteiger partial charge on any atom is 0.285 e. The Balaban J connectivity index is 2.13. The first-order chi connectivity index (χ1) is 15.1. The third kappa shape index (κ3) is 5.64. The summed E-state index contributed by atoms with van der Waals surface area (Å²) in [6.45, 7) is 1.38. The summed E-state index contributed by atoms with van der Waals surface area (Å²) in [4.78, 5) is 26.0. The van der Waals surface area contributed by atoms with Gasteiger partial charge in [0, 0.05) is 52.0 Å². The van der Waals surface area contributed by atoms with E-state index in [1.807, 2.05) is 0 Å². The second-order valence-electron chi connectivity index (χ2n) is 6.95. The molecular formula is C23H17Cl2F2NO2S2. The first-order valence-corrected chi connectivity index (χ1v) is 11.6. The predicted octanol–water partition coefficient (Wildman–Crippen LogP) is 8.02. The highest BCUT2D eigenvalue weighted by Crippen LogP contribution is 2.40. The number of hydrogen-bond acceptors (Lipinski definition) is 4. The standard InChI is InChI=1S/C23H17Cl2F2NO2S2/c1-12(29)31-21-8-13(24)4-6-15(21)17-10-20(27)18(11-19(17)26)16-7-5-14(25)9-22(16)32-23(30)28(2)3/h4-11H,1-3H3. The third-order valence-electron chi connectivity index (χ3n) is 4.34. The van der Waals surface area contributed by atoms with Crippen molar-refractivity contribution in [1.29, 1.82) is 0 Å². The highest BCUT2D eigenvalue weighted by atomic mass is 35.5. The molecule has 166 valence electrons. The van der Waals surface area contributed by atoms with Gasteiger partial charge < -0.3 is 4.90 Å². The molecule has 0 aliphatic heterocycles. The molecule has 0 aliphatic carbocycles. The summed E-state index contributed by atoms with van der Waals surface area (Å²) in [6.07, 6.45) is 0. The molecule has 1 amide bonds. The van der Waals surface area contributed by atoms with Crippen LogP contribution in [0.2, 0.25) is 10.0 Å². The molecular weight excluding hydrogens is 495 g/mol. The predicted molar refractivity (Wildman–Crippen MR) is 129 cm³/mol. The van der Waals surface area contributed by atoms with Gasteiger partial charge in [0.25, 0.3) is 5.24 Å². The number of thioether (sulfide) groups is 2. The first kappa shape index (κ1) is 24.6. The molecule has 0 unspecified atom stereocenters. The number of halogens is 4. The van der Waals surface area contributed by atoms with E-state index in [1.54, 1.807) is 38.4 Å². The molecule has 9 heteroatoms. The molecule has 0 saturated carbocycles. The topological polar surface area (TPSA) is 37.4 Å². The van der Waals surface area contributed by atoms with Gasteiger partial charge in [-0.05, 0) is 59.3 Å². The monoisotopic (exact) mass is 511 g/mol. The Morgan fingerprint density at radius 2 is 1.19 bits per heavy atom. The quantitative estimate of drug-likeness (QED) is 0.332. The zero-order chi connectivity index (χ0) is 23.6. The molecule has 0 bridgehead atoms. The molecule has 0 atom stereocenters. The average Bonchev–Trinajstić information content (AvgIpc) is 2.70. The molecule has 0 spiro atoms. The number of nitrogens with zero attached hydrogens (tertiary/aromatic N) is 1. The lowest BCUT2D eigenvalue weighted by atomic mass is 9.98. The fourth-order valence-electron chi connectivity index (χ4n) is 2.91. The molecule has 0 N–H and O–H groups in total. The van der Waals surface area contributed by atoms with Crippen molar-refractivity contribution in [3.05, 3.63) is 70.2 Å². The van der Waals surface area contributed by atoms with Gasteiger partial charge in [0.15, 0.2) is 5.12 Å². The lowest BCUT2D eigenvalue weighted by Crippen LogP contribution is -2.16. The van der Waals surface area contributed by atoms with Crippen LogP contribution in [0.25, 0.3) is 22.3 Å². The van der Waals surface area contributed by atoms with Gasteiger partial charge in [-0.1, -0.05) is 47.1 Å². The summed E-state index contributed by atoms with van der Waals surface area (Å²) in [5.41, 5.74) is 0.684. The highest BCUT2D eigenvalue weighted by Gasteiger charge is 2.20. The first-order valence-electron chi connectivity index (χ1n) is 9.23. The van der Waals surface area contributed by atoms with Crippen molar-refractivity contribution in [3.63, 3.8) is 0 Å². The minimum absolute atomic E-state index is 0.000740. The van der Waals surface area contributed by atoms with Crippen LogP contribution in [-0.4, -0.2) is 29.3 Å². The molecule has 0 fully saturated rings. The van der Waals surface area contributed by atoms with E-state index in [-0.39, 0.29) is 21.5 Å². The highest BCUT2D eigenvalue weighted by molar-refractivity contribution is 8.14. The number of carbonyl (C=O) groups is 2. The second kappa shape index (κ2) is 10.3. The van der Waals surface area contributed by atoms with Gasteiger partial charge in [0.2, 0.25) is 0 Å². The fourth-order valence-corrected chi connectivity index (χ4v) is 5.01. The second-order valence-corrected chi connectivity index (χ2v) is 10.0. The van der Waals surface area contributed by atoms with Gasteiger partial charge in [0.05, 0.1) is 0 Å². The smallest absolute Gasteiger partial charge is 0.285 e. The van der Waals surface area contributed by atoms with E-state index in [0.717, 1.165) is 35.7 Å². The molecule has 3 aromatic rings. The maximum absolute atomic E-state index is 15.2. The number of carbonyl (C=O) groups excluding carboxylic acids is 2. The van der Waals surface area contributed by atoms with Crippen molar-refractivity contribution in [2.24, 2.45) is 0 Å². The normalized spacial score (nSPS) is 10.8. The van der Waals surface area contributed by atoms with E-state index < -0.39 is 11.6 Å². The van der Waals surface area contributed by atoms with E-state index in [0.29, 0.717) is 31.0 Å². The number of benzene rings is 3. The molecule has 3 nitrogen and oxygen atoms in total. The zero-order valence-electron chi connectivity index (χ0n) is 17.2. The Bertz CT molecular complexity index is 1220. The summed E-state index contributed by atoms with van der Waals surface area (Å²) in [5, 5.41) is 0.258. The van der Waals surface area contributed by atoms with E-state index in [2.05, 4.69) is 0 Å². The Kier molecular flexibility index (Phi) is 7.88. The Labute approximate surface area is 203 Å². The molecule has 0 saturated heterocycles. The molecule has 32 heavy (non-hydrogen) atoms. The van der Waals surface area contributed by atoms with Crippen molar-refractivity contribution in [2.45, 2.75) is 16.7 Å². The number of rotatable bonds is 4. The molecule has 3 aromatic carbocycles. The molecule has 0 heterocycles. The minimum Gasteiger partial charge on any atom is -0.339 e. The van der Waals surface area contributed by atoms with Crippen molar-refractivity contribution in [1.82, 2.24) is 4.90 Å². The Morgan fingerprint density at radius 3 is 1.59 bits per heavy atom. The van der Waals surface area contributed by atoms with E-state index >= 15 is 8.78 Å². The van der Waals surface area contributed by atoms with E-state index in [9.17, 15) is 9.59 Å². The van der Waals surface area contributed by atoms with Crippen molar-refractivity contribution in [2.75, 3.05) is 14.1 Å². The van der Waals surface area contributed by atoms with E-state index in [1.165, 1.54) is 24.0 Å². The molecule has 0 radical (unpaired) electrons. The van der Waals surface area contributed by atoms with Gasteiger partial charge in [-0.2, -0.15) is 0 Å². The summed E-state index contributed by atoms with van der Waals surface area (Å²) in [5.74, 6) is -1.37. The summed E-state index contributed by atoms with van der Waals surface area (Å²) in [7, 11) is 3.19. The number of amides is 1. The summed E-state index contributed by atoms with van der Waals surface area (Å²) < 4.78 is 30.5. The van der Waals surface area contributed by atoms with Crippen LogP contribution < -0.4 is 0 Å². The van der Waals surface area contributed by atoms with Crippen LogP contribution in [-0.2, 0) is 4.79 Å². The summed E-state index contributed by atoms with van der Waals surface area (Å²) >= 11 is 13.9. The van der Waals surface area contributed by atoms with Crippen LogP contribution in [0, 0.1) is 11.6 Å². The maximum atomic E-state index is 15.2. The molecule has 3 rings (SSSR count).